The van der Waals surface area contributed by atoms with E-state index in [1.807, 2.05) is 12.1 Å². The minimum absolute atomic E-state index is 0.211. The van der Waals surface area contributed by atoms with E-state index in [4.69, 9.17) is 21.7 Å². The molecule has 1 aliphatic rings. The molecule has 2 N–H and O–H groups in total. The fraction of sp³-hybridized carbons (Fsp3) is 0.125. The summed E-state index contributed by atoms with van der Waals surface area (Å²) in [6.45, 7) is 1.06. The van der Waals surface area contributed by atoms with Crippen LogP contribution in [-0.2, 0) is 0 Å². The predicted molar refractivity (Wildman–Crippen MR) is 95.3 cm³/mol. The van der Waals surface area contributed by atoms with Crippen molar-refractivity contribution in [2.24, 2.45) is 0 Å². The van der Waals surface area contributed by atoms with E-state index >= 15 is 0 Å². The lowest BCUT2D eigenvalue weighted by molar-refractivity contribution is 0.0977. The van der Waals surface area contributed by atoms with E-state index in [0.717, 1.165) is 0 Å². The molecule has 0 spiro atoms. The maximum Gasteiger partial charge on any atom is 0.258 e. The van der Waals surface area contributed by atoms with Gasteiger partial charge < -0.3 is 14.8 Å². The lowest BCUT2D eigenvalue weighted by atomic mass is 10.2. The molecule has 7 heteroatoms. The van der Waals surface area contributed by atoms with E-state index in [0.29, 0.717) is 40.4 Å². The van der Waals surface area contributed by atoms with E-state index in [2.05, 4.69) is 26.6 Å². The Kier molecular flexibility index (Phi) is 4.78. The Balaban J connectivity index is 1.65. The quantitative estimate of drug-likeness (QED) is 0.767. The first-order valence-electron chi connectivity index (χ1n) is 6.90. The molecule has 0 fully saturated rings. The van der Waals surface area contributed by atoms with Gasteiger partial charge in [-0.2, -0.15) is 0 Å². The van der Waals surface area contributed by atoms with Gasteiger partial charge in [-0.1, -0.05) is 12.1 Å². The second-order valence-corrected chi connectivity index (χ2v) is 6.01. The molecule has 5 nitrogen and oxygen atoms in total. The summed E-state index contributed by atoms with van der Waals surface area (Å²) in [5, 5.41) is 5.82. The van der Waals surface area contributed by atoms with Crippen molar-refractivity contribution in [2.45, 2.75) is 0 Å². The third-order valence-electron chi connectivity index (χ3n) is 3.15. The Morgan fingerprint density at radius 2 is 1.83 bits per heavy atom. The summed E-state index contributed by atoms with van der Waals surface area (Å²) in [7, 11) is 0. The highest BCUT2D eigenvalue weighted by Gasteiger charge is 2.14. The van der Waals surface area contributed by atoms with E-state index in [1.165, 1.54) is 0 Å². The second-order valence-electron chi connectivity index (χ2n) is 4.75. The van der Waals surface area contributed by atoms with Crippen molar-refractivity contribution in [2.75, 3.05) is 18.5 Å². The molecule has 0 atom stereocenters. The van der Waals surface area contributed by atoms with Crippen molar-refractivity contribution in [1.29, 1.82) is 0 Å². The van der Waals surface area contributed by atoms with Crippen molar-refractivity contribution in [3.05, 3.63) is 52.5 Å². The molecule has 1 amide bonds. The number of hydrogen-bond donors (Lipinski definition) is 2. The number of ether oxygens (including phenoxy) is 2. The van der Waals surface area contributed by atoms with Crippen LogP contribution in [-0.4, -0.2) is 24.2 Å². The highest BCUT2D eigenvalue weighted by Crippen LogP contribution is 2.32. The van der Waals surface area contributed by atoms with E-state index in [1.54, 1.807) is 30.3 Å². The van der Waals surface area contributed by atoms with Gasteiger partial charge in [-0.25, -0.2) is 0 Å². The normalized spacial score (nSPS) is 12.4. The number of amides is 1. The zero-order chi connectivity index (χ0) is 16.2. The number of hydrogen-bond acceptors (Lipinski definition) is 4. The van der Waals surface area contributed by atoms with E-state index < -0.39 is 0 Å². The molecular formula is C16H13BrN2O3S. The second kappa shape index (κ2) is 6.97. The third kappa shape index (κ3) is 3.80. The molecule has 0 bridgehead atoms. The number of halogens is 1. The zero-order valence-corrected chi connectivity index (χ0v) is 14.4. The summed E-state index contributed by atoms with van der Waals surface area (Å²) in [5.41, 5.74) is 1.23. The fourth-order valence-corrected chi connectivity index (χ4v) is 2.77. The molecule has 3 rings (SSSR count). The molecule has 0 aliphatic carbocycles. The summed E-state index contributed by atoms with van der Waals surface area (Å²) in [6, 6.07) is 12.5. The molecule has 1 heterocycles. The molecule has 2 aromatic rings. The molecule has 0 saturated carbocycles. The number of fused-ring (bicyclic) bond motifs is 1. The van der Waals surface area contributed by atoms with Gasteiger partial charge in [0, 0.05) is 16.2 Å². The van der Waals surface area contributed by atoms with E-state index in [-0.39, 0.29) is 11.0 Å². The monoisotopic (exact) mass is 392 g/mol. The van der Waals surface area contributed by atoms with Gasteiger partial charge in [0.2, 0.25) is 0 Å². The van der Waals surface area contributed by atoms with Crippen LogP contribution >= 0.6 is 28.1 Å². The lowest BCUT2D eigenvalue weighted by Crippen LogP contribution is -2.34. The first-order valence-corrected chi connectivity index (χ1v) is 8.10. The predicted octanol–water partition coefficient (Wildman–Crippen LogP) is 3.35. The summed E-state index contributed by atoms with van der Waals surface area (Å²) >= 11 is 8.52. The number of anilines is 1. The van der Waals surface area contributed by atoms with Crippen molar-refractivity contribution >= 4 is 44.9 Å². The number of carbonyl (C=O) groups excluding carboxylic acids is 1. The van der Waals surface area contributed by atoms with Gasteiger partial charge in [-0.3, -0.25) is 10.1 Å². The molecule has 0 aromatic heterocycles. The van der Waals surface area contributed by atoms with Crippen LogP contribution in [0.15, 0.2) is 46.9 Å². The van der Waals surface area contributed by atoms with Gasteiger partial charge >= 0.3 is 0 Å². The summed E-state index contributed by atoms with van der Waals surface area (Å²) in [4.78, 5) is 12.2. The topological polar surface area (TPSA) is 59.6 Å². The van der Waals surface area contributed by atoms with Gasteiger partial charge in [0.15, 0.2) is 16.6 Å². The van der Waals surface area contributed by atoms with Gasteiger partial charge in [-0.05, 0) is 52.4 Å². The molecule has 1 aliphatic heterocycles. The number of rotatable bonds is 2. The highest BCUT2D eigenvalue weighted by molar-refractivity contribution is 9.10. The number of benzene rings is 2. The van der Waals surface area contributed by atoms with Crippen LogP contribution in [0.2, 0.25) is 0 Å². The molecule has 0 saturated heterocycles. The van der Waals surface area contributed by atoms with Gasteiger partial charge in [0.1, 0.15) is 13.2 Å². The molecule has 118 valence electrons. The molecule has 0 unspecified atom stereocenters. The molecule has 23 heavy (non-hydrogen) atoms. The standard InChI is InChI=1S/C16H13BrN2O3S/c17-12-4-2-1-3-11(12)15(20)19-16(23)18-10-5-6-13-14(9-10)22-8-7-21-13/h1-6,9H,7-8H2,(H2,18,19,20,23). The maximum atomic E-state index is 12.2. The summed E-state index contributed by atoms with van der Waals surface area (Å²) in [5.74, 6) is 1.07. The number of nitrogens with one attached hydrogen (secondary N) is 2. The van der Waals surface area contributed by atoms with Crippen molar-refractivity contribution in [1.82, 2.24) is 5.32 Å². The van der Waals surface area contributed by atoms with Gasteiger partial charge in [0.25, 0.3) is 5.91 Å². The Labute approximate surface area is 147 Å². The fourth-order valence-electron chi connectivity index (χ4n) is 2.10. The van der Waals surface area contributed by atoms with Crippen LogP contribution in [0.3, 0.4) is 0 Å². The van der Waals surface area contributed by atoms with E-state index in [9.17, 15) is 4.79 Å². The maximum absolute atomic E-state index is 12.2. The minimum atomic E-state index is -0.285. The Morgan fingerprint density at radius 3 is 2.61 bits per heavy atom. The van der Waals surface area contributed by atoms with Gasteiger partial charge in [-0.15, -0.1) is 0 Å². The van der Waals surface area contributed by atoms with Crippen molar-refractivity contribution in [3.63, 3.8) is 0 Å². The summed E-state index contributed by atoms with van der Waals surface area (Å²) in [6.07, 6.45) is 0. The van der Waals surface area contributed by atoms with Crippen LogP contribution in [0.5, 0.6) is 11.5 Å². The minimum Gasteiger partial charge on any atom is -0.486 e. The molecular weight excluding hydrogens is 380 g/mol. The number of carbonyl (C=O) groups is 1. The van der Waals surface area contributed by atoms with Crippen LogP contribution < -0.4 is 20.1 Å². The van der Waals surface area contributed by atoms with Crippen LogP contribution in [0.1, 0.15) is 10.4 Å². The summed E-state index contributed by atoms with van der Waals surface area (Å²) < 4.78 is 11.7. The zero-order valence-electron chi connectivity index (χ0n) is 12.0. The lowest BCUT2D eigenvalue weighted by Gasteiger charge is -2.19. The Bertz CT molecular complexity index is 767. The van der Waals surface area contributed by atoms with Crippen molar-refractivity contribution < 1.29 is 14.3 Å². The smallest absolute Gasteiger partial charge is 0.258 e. The largest absolute Gasteiger partial charge is 0.486 e. The van der Waals surface area contributed by atoms with Crippen LogP contribution in [0.4, 0.5) is 5.69 Å². The molecule has 2 aromatic carbocycles. The van der Waals surface area contributed by atoms with Crippen LogP contribution in [0.25, 0.3) is 0 Å². The number of thiocarbonyl (C=S) groups is 1. The first kappa shape index (κ1) is 15.8. The Morgan fingerprint density at radius 1 is 1.09 bits per heavy atom. The SMILES string of the molecule is O=C(NC(=S)Nc1ccc2c(c1)OCCO2)c1ccccc1Br. The first-order chi connectivity index (χ1) is 11.1. The highest BCUT2D eigenvalue weighted by atomic mass is 79.9. The Hall–Kier alpha value is -2.12. The van der Waals surface area contributed by atoms with Crippen molar-refractivity contribution in [3.8, 4) is 11.5 Å². The van der Waals surface area contributed by atoms with Gasteiger partial charge in [0.05, 0.1) is 5.56 Å². The van der Waals surface area contributed by atoms with Crippen LogP contribution in [0, 0.1) is 0 Å². The average molecular weight is 393 g/mol. The third-order valence-corrected chi connectivity index (χ3v) is 4.04. The average Bonchev–Trinajstić information content (AvgIpc) is 2.55. The molecule has 0 radical (unpaired) electrons.